The summed E-state index contributed by atoms with van der Waals surface area (Å²) in [5, 5.41) is 9.60. The second-order valence-corrected chi connectivity index (χ2v) is 6.21. The summed E-state index contributed by atoms with van der Waals surface area (Å²) < 4.78 is 51.7. The molecule has 28 heavy (non-hydrogen) atoms. The fourth-order valence-electron chi connectivity index (χ4n) is 2.74. The average molecular weight is 397 g/mol. The summed E-state index contributed by atoms with van der Waals surface area (Å²) in [6.45, 7) is 3.41. The molecule has 2 heterocycles. The van der Waals surface area contributed by atoms with E-state index < -0.39 is 11.9 Å². The van der Waals surface area contributed by atoms with Gasteiger partial charge in [-0.3, -0.25) is 4.68 Å². The van der Waals surface area contributed by atoms with E-state index in [9.17, 15) is 13.2 Å². The predicted molar refractivity (Wildman–Crippen MR) is 98.7 cm³/mol. The van der Waals surface area contributed by atoms with E-state index in [-0.39, 0.29) is 12.1 Å². The maximum absolute atomic E-state index is 13.1. The molecule has 2 N–H and O–H groups in total. The van der Waals surface area contributed by atoms with Gasteiger partial charge in [-0.05, 0) is 19.1 Å². The molecule has 1 aromatic heterocycles. The minimum Gasteiger partial charge on any atom is -0.490 e. The summed E-state index contributed by atoms with van der Waals surface area (Å²) in [5.41, 5.74) is -0.234. The van der Waals surface area contributed by atoms with Gasteiger partial charge in [0.05, 0.1) is 19.8 Å². The van der Waals surface area contributed by atoms with Crippen molar-refractivity contribution < 1.29 is 22.6 Å². The number of fused-ring (bicyclic) bond motifs is 1. The van der Waals surface area contributed by atoms with Crippen molar-refractivity contribution in [3.63, 3.8) is 0 Å². The maximum Gasteiger partial charge on any atom is 0.435 e. The zero-order valence-corrected chi connectivity index (χ0v) is 15.6. The second kappa shape index (κ2) is 8.41. The Morgan fingerprint density at radius 1 is 1.25 bits per heavy atom. The molecule has 10 heteroatoms. The number of aryl methyl sites for hydroxylation is 1. The highest BCUT2D eigenvalue weighted by Gasteiger charge is 2.36. The Kier molecular flexibility index (Phi) is 5.96. The molecule has 0 aliphatic carbocycles. The van der Waals surface area contributed by atoms with Crippen LogP contribution in [0.2, 0.25) is 0 Å². The zero-order valence-electron chi connectivity index (χ0n) is 15.6. The lowest BCUT2D eigenvalue weighted by Gasteiger charge is -2.14. The van der Waals surface area contributed by atoms with Crippen LogP contribution in [0.3, 0.4) is 0 Å². The molecule has 152 valence electrons. The molecular weight excluding hydrogens is 375 g/mol. The van der Waals surface area contributed by atoms with Crippen molar-refractivity contribution in [1.82, 2.24) is 15.1 Å². The number of hydrogen-bond acceptors (Lipinski definition) is 4. The van der Waals surface area contributed by atoms with Crippen molar-refractivity contribution in [1.29, 1.82) is 0 Å². The number of guanidine groups is 1. The number of nitrogens with zero attached hydrogens (tertiary/aromatic N) is 3. The van der Waals surface area contributed by atoms with Gasteiger partial charge in [-0.2, -0.15) is 18.3 Å². The van der Waals surface area contributed by atoms with E-state index in [0.29, 0.717) is 42.9 Å². The van der Waals surface area contributed by atoms with Gasteiger partial charge in [0.2, 0.25) is 0 Å². The van der Waals surface area contributed by atoms with Crippen molar-refractivity contribution in [3.8, 4) is 11.5 Å². The van der Waals surface area contributed by atoms with Gasteiger partial charge >= 0.3 is 6.18 Å². The number of alkyl halides is 3. The van der Waals surface area contributed by atoms with Gasteiger partial charge in [-0.25, -0.2) is 4.99 Å². The van der Waals surface area contributed by atoms with Crippen LogP contribution in [0, 0.1) is 0 Å². The lowest BCUT2D eigenvalue weighted by molar-refractivity contribution is -0.142. The lowest BCUT2D eigenvalue weighted by Crippen LogP contribution is -2.30. The summed E-state index contributed by atoms with van der Waals surface area (Å²) >= 11 is 0. The molecule has 0 saturated heterocycles. The Labute approximate surface area is 160 Å². The number of halogens is 3. The first-order valence-electron chi connectivity index (χ1n) is 8.91. The van der Waals surface area contributed by atoms with Crippen LogP contribution in [-0.4, -0.2) is 35.5 Å². The van der Waals surface area contributed by atoms with Crippen molar-refractivity contribution in [3.05, 3.63) is 35.7 Å². The molecular formula is C18H22F3N5O2. The summed E-state index contributed by atoms with van der Waals surface area (Å²) in [4.78, 5) is 4.27. The molecule has 0 spiro atoms. The van der Waals surface area contributed by atoms with Crippen LogP contribution in [0.4, 0.5) is 18.9 Å². The zero-order chi connectivity index (χ0) is 20.1. The first-order valence-corrected chi connectivity index (χ1v) is 8.91. The standard InChI is InChI=1S/C18H22F3N5O2/c1-3-22-17(23-10-12-11-26(2)25-16(12)18(19,20)21)24-13-5-6-14-15(9-13)28-8-4-7-27-14/h5-6,9,11H,3-4,7-8,10H2,1-2H3,(H2,22,23,24). The third-order valence-corrected chi connectivity index (χ3v) is 3.94. The van der Waals surface area contributed by atoms with Crippen LogP contribution in [0.25, 0.3) is 0 Å². The number of aromatic nitrogens is 2. The average Bonchev–Trinajstić information content (AvgIpc) is 2.87. The molecule has 3 rings (SSSR count). The summed E-state index contributed by atoms with van der Waals surface area (Å²) in [6.07, 6.45) is -2.40. The first kappa shape index (κ1) is 19.8. The van der Waals surface area contributed by atoms with Gasteiger partial charge in [-0.1, -0.05) is 0 Å². The highest BCUT2D eigenvalue weighted by molar-refractivity contribution is 5.93. The number of ether oxygens (including phenoxy) is 2. The third-order valence-electron chi connectivity index (χ3n) is 3.94. The van der Waals surface area contributed by atoms with E-state index in [2.05, 4.69) is 20.7 Å². The Balaban J connectivity index is 1.78. The van der Waals surface area contributed by atoms with Gasteiger partial charge in [0.1, 0.15) is 0 Å². The number of rotatable bonds is 4. The highest BCUT2D eigenvalue weighted by atomic mass is 19.4. The minimum absolute atomic E-state index is 0.00543. The Bertz CT molecular complexity index is 848. The normalized spacial score (nSPS) is 14.5. The Hall–Kier alpha value is -2.91. The Morgan fingerprint density at radius 2 is 2.00 bits per heavy atom. The molecule has 1 aromatic carbocycles. The molecule has 1 aliphatic rings. The number of anilines is 1. The van der Waals surface area contributed by atoms with Crippen LogP contribution in [0.5, 0.6) is 11.5 Å². The van der Waals surface area contributed by atoms with Gasteiger partial charge in [0, 0.05) is 43.5 Å². The molecule has 0 radical (unpaired) electrons. The molecule has 0 atom stereocenters. The minimum atomic E-state index is -4.52. The quantitative estimate of drug-likeness (QED) is 0.613. The van der Waals surface area contributed by atoms with Crippen molar-refractivity contribution >= 4 is 11.6 Å². The number of aliphatic imine (C=N–C) groups is 1. The largest absolute Gasteiger partial charge is 0.490 e. The number of benzene rings is 1. The molecule has 0 amide bonds. The molecule has 0 bridgehead atoms. The van der Waals surface area contributed by atoms with E-state index in [4.69, 9.17) is 9.47 Å². The number of hydrogen-bond donors (Lipinski definition) is 2. The van der Waals surface area contributed by atoms with Crippen molar-refractivity contribution in [2.75, 3.05) is 25.1 Å². The topological polar surface area (TPSA) is 72.7 Å². The first-order chi connectivity index (χ1) is 13.4. The Morgan fingerprint density at radius 3 is 2.71 bits per heavy atom. The van der Waals surface area contributed by atoms with E-state index in [1.807, 2.05) is 6.92 Å². The van der Waals surface area contributed by atoms with E-state index in [1.165, 1.54) is 13.2 Å². The molecule has 0 fully saturated rings. The smallest absolute Gasteiger partial charge is 0.435 e. The lowest BCUT2D eigenvalue weighted by atomic mass is 10.2. The van der Waals surface area contributed by atoms with Crippen molar-refractivity contribution in [2.45, 2.75) is 26.1 Å². The van der Waals surface area contributed by atoms with E-state index in [0.717, 1.165) is 11.1 Å². The molecule has 1 aliphatic heterocycles. The highest BCUT2D eigenvalue weighted by Crippen LogP contribution is 2.32. The summed E-state index contributed by atoms with van der Waals surface area (Å²) in [6, 6.07) is 5.36. The van der Waals surface area contributed by atoms with Gasteiger partial charge in [-0.15, -0.1) is 0 Å². The van der Waals surface area contributed by atoms with Crippen LogP contribution < -0.4 is 20.1 Å². The fraction of sp³-hybridized carbons (Fsp3) is 0.444. The maximum atomic E-state index is 13.1. The van der Waals surface area contributed by atoms with Crippen LogP contribution >= 0.6 is 0 Å². The second-order valence-electron chi connectivity index (χ2n) is 6.21. The third kappa shape index (κ3) is 4.87. The van der Waals surface area contributed by atoms with Gasteiger partial charge in [0.25, 0.3) is 0 Å². The molecule has 2 aromatic rings. The van der Waals surface area contributed by atoms with Gasteiger partial charge in [0.15, 0.2) is 23.2 Å². The monoisotopic (exact) mass is 397 g/mol. The van der Waals surface area contributed by atoms with Crippen LogP contribution in [0.1, 0.15) is 24.6 Å². The molecule has 0 saturated carbocycles. The van der Waals surface area contributed by atoms with E-state index in [1.54, 1.807) is 18.2 Å². The summed E-state index contributed by atoms with van der Waals surface area (Å²) in [5.74, 6) is 1.63. The van der Waals surface area contributed by atoms with E-state index >= 15 is 0 Å². The van der Waals surface area contributed by atoms with Crippen LogP contribution in [-0.2, 0) is 19.8 Å². The SMILES string of the molecule is CCNC(=NCc1cn(C)nc1C(F)(F)F)Nc1ccc2c(c1)OCCCO2. The fourth-order valence-corrected chi connectivity index (χ4v) is 2.74. The summed E-state index contributed by atoms with van der Waals surface area (Å²) in [7, 11) is 1.45. The molecule has 7 nitrogen and oxygen atoms in total. The van der Waals surface area contributed by atoms with Crippen molar-refractivity contribution in [2.24, 2.45) is 12.0 Å². The molecule has 0 unspecified atom stereocenters. The predicted octanol–water partition coefficient (Wildman–Crippen LogP) is 3.18. The van der Waals surface area contributed by atoms with Crippen LogP contribution in [0.15, 0.2) is 29.4 Å². The number of nitrogens with one attached hydrogen (secondary N) is 2. The van der Waals surface area contributed by atoms with Gasteiger partial charge < -0.3 is 20.1 Å².